The van der Waals surface area contributed by atoms with Crippen LogP contribution >= 0.6 is 12.4 Å². The third kappa shape index (κ3) is 1.90. The van der Waals surface area contributed by atoms with E-state index in [9.17, 15) is 0 Å². The Morgan fingerprint density at radius 2 is 2.40 bits per heavy atom. The fraction of sp³-hybridized carbons (Fsp3) is 0.143. The van der Waals surface area contributed by atoms with E-state index in [1.807, 2.05) is 6.07 Å². The van der Waals surface area contributed by atoms with E-state index in [-0.39, 0.29) is 18.4 Å². The zero-order valence-corrected chi connectivity index (χ0v) is 6.30. The molecule has 56 valence electrons. The summed E-state index contributed by atoms with van der Waals surface area (Å²) in [6.07, 6.45) is 3.23. The predicted molar refractivity (Wildman–Crippen MR) is 43.1 cm³/mol. The van der Waals surface area contributed by atoms with Crippen molar-refractivity contribution >= 4 is 12.4 Å². The van der Waals surface area contributed by atoms with Gasteiger partial charge in [0.05, 0.1) is 12.3 Å². The monoisotopic (exact) mass is 159 g/mol. The second-order valence-corrected chi connectivity index (χ2v) is 1.78. The molecule has 1 rings (SSSR count). The normalized spacial score (nSPS) is 11.7. The summed E-state index contributed by atoms with van der Waals surface area (Å²) < 4.78 is 4.99. The van der Waals surface area contributed by atoms with Crippen LogP contribution < -0.4 is 5.73 Å². The average molecular weight is 160 g/mol. The van der Waals surface area contributed by atoms with Crippen molar-refractivity contribution in [3.63, 3.8) is 0 Å². The van der Waals surface area contributed by atoms with Crippen molar-refractivity contribution < 1.29 is 4.42 Å². The molecule has 0 fully saturated rings. The Morgan fingerprint density at radius 3 is 2.80 bits per heavy atom. The summed E-state index contributed by atoms with van der Waals surface area (Å²) in [4.78, 5) is 0. The van der Waals surface area contributed by atoms with Gasteiger partial charge in [-0.1, -0.05) is 6.08 Å². The van der Waals surface area contributed by atoms with Gasteiger partial charge in [-0.2, -0.15) is 0 Å². The highest BCUT2D eigenvalue weighted by Gasteiger charge is 2.00. The smallest absolute Gasteiger partial charge is 0.124 e. The SMILES string of the molecule is C=C[C@@H](N)c1ccco1.Cl. The summed E-state index contributed by atoms with van der Waals surface area (Å²) in [6, 6.07) is 3.46. The van der Waals surface area contributed by atoms with Crippen molar-refractivity contribution in [1.29, 1.82) is 0 Å². The van der Waals surface area contributed by atoms with Crippen LogP contribution in [0.1, 0.15) is 11.8 Å². The standard InChI is InChI=1S/C7H9NO.ClH/c1-2-6(8)7-4-3-5-9-7;/h2-6H,1,8H2;1H/t6-;/m1./s1. The van der Waals surface area contributed by atoms with E-state index < -0.39 is 0 Å². The highest BCUT2D eigenvalue weighted by Crippen LogP contribution is 2.09. The number of hydrogen-bond donors (Lipinski definition) is 1. The molecule has 1 aromatic rings. The maximum absolute atomic E-state index is 5.53. The van der Waals surface area contributed by atoms with Gasteiger partial charge in [-0.25, -0.2) is 0 Å². The molecule has 0 saturated carbocycles. The van der Waals surface area contributed by atoms with Gasteiger partial charge in [0.2, 0.25) is 0 Å². The van der Waals surface area contributed by atoms with Crippen molar-refractivity contribution in [2.24, 2.45) is 5.73 Å². The molecule has 1 atom stereocenters. The lowest BCUT2D eigenvalue weighted by molar-refractivity contribution is 0.494. The van der Waals surface area contributed by atoms with Gasteiger partial charge < -0.3 is 10.2 Å². The molecule has 0 saturated heterocycles. The van der Waals surface area contributed by atoms with Crippen molar-refractivity contribution in [1.82, 2.24) is 0 Å². The Hall–Kier alpha value is -0.730. The lowest BCUT2D eigenvalue weighted by atomic mass is 10.2. The van der Waals surface area contributed by atoms with Crippen molar-refractivity contribution in [3.05, 3.63) is 36.8 Å². The highest BCUT2D eigenvalue weighted by molar-refractivity contribution is 5.85. The van der Waals surface area contributed by atoms with Gasteiger partial charge in [-0.3, -0.25) is 0 Å². The Labute approximate surface area is 66.1 Å². The van der Waals surface area contributed by atoms with Crippen LogP contribution in [-0.4, -0.2) is 0 Å². The Morgan fingerprint density at radius 1 is 1.70 bits per heavy atom. The number of furan rings is 1. The second-order valence-electron chi connectivity index (χ2n) is 1.78. The molecule has 2 nitrogen and oxygen atoms in total. The molecular weight excluding hydrogens is 150 g/mol. The van der Waals surface area contributed by atoms with Gasteiger partial charge in [-0.05, 0) is 12.1 Å². The van der Waals surface area contributed by atoms with E-state index in [1.165, 1.54) is 0 Å². The summed E-state index contributed by atoms with van der Waals surface area (Å²) in [7, 11) is 0. The van der Waals surface area contributed by atoms with Crippen LogP contribution in [0, 0.1) is 0 Å². The summed E-state index contributed by atoms with van der Waals surface area (Å²) in [5.74, 6) is 0.755. The molecule has 0 radical (unpaired) electrons. The highest BCUT2D eigenvalue weighted by atomic mass is 35.5. The summed E-state index contributed by atoms with van der Waals surface area (Å²) >= 11 is 0. The van der Waals surface area contributed by atoms with Gasteiger partial charge in [0, 0.05) is 0 Å². The van der Waals surface area contributed by atoms with Gasteiger partial charge >= 0.3 is 0 Å². The Bertz CT molecular complexity index is 183. The molecular formula is C7H10ClNO. The van der Waals surface area contributed by atoms with E-state index in [4.69, 9.17) is 10.2 Å². The zero-order valence-electron chi connectivity index (χ0n) is 5.49. The first-order chi connectivity index (χ1) is 4.34. The van der Waals surface area contributed by atoms with Gasteiger partial charge in [0.1, 0.15) is 5.76 Å². The zero-order chi connectivity index (χ0) is 6.69. The van der Waals surface area contributed by atoms with E-state index in [0.29, 0.717) is 0 Å². The molecule has 0 amide bonds. The first-order valence-corrected chi connectivity index (χ1v) is 2.76. The molecule has 0 bridgehead atoms. The van der Waals surface area contributed by atoms with Gasteiger partial charge in [0.25, 0.3) is 0 Å². The molecule has 0 aliphatic carbocycles. The minimum atomic E-state index is -0.167. The molecule has 1 heterocycles. The van der Waals surface area contributed by atoms with Crippen molar-refractivity contribution in [2.75, 3.05) is 0 Å². The third-order valence-electron chi connectivity index (χ3n) is 1.13. The van der Waals surface area contributed by atoms with E-state index in [0.717, 1.165) is 5.76 Å². The van der Waals surface area contributed by atoms with Crippen molar-refractivity contribution in [2.45, 2.75) is 6.04 Å². The first-order valence-electron chi connectivity index (χ1n) is 2.76. The number of hydrogen-bond acceptors (Lipinski definition) is 2. The quantitative estimate of drug-likeness (QED) is 0.670. The summed E-state index contributed by atoms with van der Waals surface area (Å²) in [6.45, 7) is 3.53. The van der Waals surface area contributed by atoms with Crippen LogP contribution in [0.4, 0.5) is 0 Å². The predicted octanol–water partition coefficient (Wildman–Crippen LogP) is 1.89. The van der Waals surface area contributed by atoms with Crippen molar-refractivity contribution in [3.8, 4) is 0 Å². The molecule has 0 unspecified atom stereocenters. The largest absolute Gasteiger partial charge is 0.467 e. The minimum Gasteiger partial charge on any atom is -0.467 e. The first kappa shape index (κ1) is 9.27. The van der Waals surface area contributed by atoms with Crippen LogP contribution in [-0.2, 0) is 0 Å². The van der Waals surface area contributed by atoms with E-state index in [1.54, 1.807) is 18.4 Å². The van der Waals surface area contributed by atoms with Gasteiger partial charge in [0.15, 0.2) is 0 Å². The molecule has 10 heavy (non-hydrogen) atoms. The topological polar surface area (TPSA) is 39.2 Å². The van der Waals surface area contributed by atoms with Crippen LogP contribution in [0.15, 0.2) is 35.5 Å². The molecule has 0 aliphatic heterocycles. The molecule has 0 spiro atoms. The fourth-order valence-corrected chi connectivity index (χ4v) is 0.597. The molecule has 0 aromatic carbocycles. The van der Waals surface area contributed by atoms with Gasteiger partial charge in [-0.15, -0.1) is 19.0 Å². The van der Waals surface area contributed by atoms with Crippen LogP contribution in [0.3, 0.4) is 0 Å². The maximum Gasteiger partial charge on any atom is 0.124 e. The van der Waals surface area contributed by atoms with Crippen LogP contribution in [0.2, 0.25) is 0 Å². The number of rotatable bonds is 2. The Kier molecular flexibility index (Phi) is 3.84. The van der Waals surface area contributed by atoms with Crippen LogP contribution in [0.5, 0.6) is 0 Å². The average Bonchev–Trinajstić information content (AvgIpc) is 2.37. The summed E-state index contributed by atoms with van der Waals surface area (Å²) in [5.41, 5.74) is 5.53. The Balaban J connectivity index is 0.000000810. The fourth-order valence-electron chi connectivity index (χ4n) is 0.597. The minimum absolute atomic E-state index is 0. The molecule has 2 N–H and O–H groups in total. The number of nitrogens with two attached hydrogens (primary N) is 1. The lowest BCUT2D eigenvalue weighted by Crippen LogP contribution is -2.04. The van der Waals surface area contributed by atoms with Crippen LogP contribution in [0.25, 0.3) is 0 Å². The summed E-state index contributed by atoms with van der Waals surface area (Å²) in [5, 5.41) is 0. The maximum atomic E-state index is 5.53. The molecule has 3 heteroatoms. The third-order valence-corrected chi connectivity index (χ3v) is 1.13. The van der Waals surface area contributed by atoms with E-state index in [2.05, 4.69) is 6.58 Å². The molecule has 1 aromatic heterocycles. The lowest BCUT2D eigenvalue weighted by Gasteiger charge is -1.97. The van der Waals surface area contributed by atoms with E-state index >= 15 is 0 Å². The molecule has 0 aliphatic rings. The number of halogens is 1. The second kappa shape index (κ2) is 4.14.